The van der Waals surface area contributed by atoms with E-state index in [0.29, 0.717) is 36.5 Å². The van der Waals surface area contributed by atoms with Crippen molar-refractivity contribution in [2.24, 2.45) is 11.8 Å². The van der Waals surface area contributed by atoms with E-state index < -0.39 is 6.16 Å². The molecule has 0 fully saturated rings. The average Bonchev–Trinajstić information content (AvgIpc) is 2.72. The Balaban J connectivity index is 2.18. The van der Waals surface area contributed by atoms with Crippen LogP contribution in [0.5, 0.6) is 11.5 Å². The van der Waals surface area contributed by atoms with E-state index in [1.807, 2.05) is 52.0 Å². The van der Waals surface area contributed by atoms with E-state index in [9.17, 15) is 4.79 Å². The molecule has 176 valence electrons. The number of benzene rings is 2. The Morgan fingerprint density at radius 3 is 1.41 bits per heavy atom. The molecule has 0 saturated heterocycles. The molecule has 0 spiro atoms. The molecule has 0 aliphatic rings. The van der Waals surface area contributed by atoms with Gasteiger partial charge in [-0.3, -0.25) is 0 Å². The molecule has 0 N–H and O–H groups in total. The summed E-state index contributed by atoms with van der Waals surface area (Å²) in [5.74, 6) is 1.71. The SMILES string of the molecule is Cc1ccc(OC(=O)Oc2ccc(C)cc2C(C)OCC(C)C)c(C(C)OCC(C)C)c1. The summed E-state index contributed by atoms with van der Waals surface area (Å²) >= 11 is 0. The number of carbonyl (C=O) groups excluding carboxylic acids is 1. The second-order valence-corrected chi connectivity index (χ2v) is 9.28. The second kappa shape index (κ2) is 12.0. The maximum atomic E-state index is 12.7. The predicted octanol–water partition coefficient (Wildman–Crippen LogP) is 7.35. The lowest BCUT2D eigenvalue weighted by atomic mass is 10.1. The van der Waals surface area contributed by atoms with Gasteiger partial charge in [0.25, 0.3) is 0 Å². The number of rotatable bonds is 10. The molecule has 0 radical (unpaired) electrons. The summed E-state index contributed by atoms with van der Waals surface area (Å²) in [7, 11) is 0. The third kappa shape index (κ3) is 7.95. The van der Waals surface area contributed by atoms with Crippen molar-refractivity contribution >= 4 is 6.16 Å². The van der Waals surface area contributed by atoms with Crippen molar-refractivity contribution in [2.45, 2.75) is 67.6 Å². The molecule has 2 unspecified atom stereocenters. The van der Waals surface area contributed by atoms with Gasteiger partial charge in [0.15, 0.2) is 0 Å². The van der Waals surface area contributed by atoms with E-state index in [1.54, 1.807) is 12.1 Å². The van der Waals surface area contributed by atoms with Crippen molar-refractivity contribution in [3.63, 3.8) is 0 Å². The second-order valence-electron chi connectivity index (χ2n) is 9.28. The number of carbonyl (C=O) groups is 1. The van der Waals surface area contributed by atoms with Gasteiger partial charge in [0, 0.05) is 24.3 Å². The standard InChI is InChI=1S/C27H38O5/c1-17(2)15-29-21(7)23-13-19(5)9-11-25(23)31-27(28)32-26-12-10-20(6)14-24(26)22(8)30-16-18(3)4/h9-14,17-18,21-22H,15-16H2,1-8H3. The van der Waals surface area contributed by atoms with Crippen LogP contribution in [0.25, 0.3) is 0 Å². The zero-order valence-electron chi connectivity index (χ0n) is 20.7. The van der Waals surface area contributed by atoms with Crippen molar-refractivity contribution < 1.29 is 23.7 Å². The lowest BCUT2D eigenvalue weighted by Gasteiger charge is -2.20. The Labute approximate surface area is 193 Å². The molecular formula is C27H38O5. The van der Waals surface area contributed by atoms with Crippen molar-refractivity contribution in [1.82, 2.24) is 0 Å². The van der Waals surface area contributed by atoms with Crippen LogP contribution in [0.2, 0.25) is 0 Å². The van der Waals surface area contributed by atoms with E-state index in [-0.39, 0.29) is 12.2 Å². The fourth-order valence-corrected chi connectivity index (χ4v) is 3.21. The Morgan fingerprint density at radius 2 is 1.06 bits per heavy atom. The van der Waals surface area contributed by atoms with E-state index in [0.717, 1.165) is 22.3 Å². The summed E-state index contributed by atoms with van der Waals surface area (Å²) in [6, 6.07) is 11.3. The molecule has 5 nitrogen and oxygen atoms in total. The number of hydrogen-bond donors (Lipinski definition) is 0. The number of aryl methyl sites for hydroxylation is 2. The van der Waals surface area contributed by atoms with Crippen LogP contribution in [0, 0.1) is 25.7 Å². The maximum absolute atomic E-state index is 12.7. The fraction of sp³-hybridized carbons (Fsp3) is 0.519. The van der Waals surface area contributed by atoms with E-state index in [1.165, 1.54) is 0 Å². The monoisotopic (exact) mass is 442 g/mol. The third-order valence-electron chi connectivity index (χ3n) is 4.95. The average molecular weight is 443 g/mol. The minimum Gasteiger partial charge on any atom is -0.394 e. The lowest BCUT2D eigenvalue weighted by Crippen LogP contribution is -2.18. The molecule has 0 aromatic heterocycles. The first-order chi connectivity index (χ1) is 15.1. The van der Waals surface area contributed by atoms with Gasteiger partial charge in [-0.25, -0.2) is 4.79 Å². The summed E-state index contributed by atoms with van der Waals surface area (Å²) in [4.78, 5) is 12.7. The zero-order valence-corrected chi connectivity index (χ0v) is 20.7. The highest BCUT2D eigenvalue weighted by molar-refractivity contribution is 5.68. The van der Waals surface area contributed by atoms with Crippen LogP contribution in [0.4, 0.5) is 4.79 Å². The zero-order chi connectivity index (χ0) is 23.8. The first-order valence-corrected chi connectivity index (χ1v) is 11.4. The summed E-state index contributed by atoms with van der Waals surface area (Å²) in [6.45, 7) is 17.6. The van der Waals surface area contributed by atoms with E-state index >= 15 is 0 Å². The molecule has 0 aliphatic carbocycles. The van der Waals surface area contributed by atoms with Gasteiger partial charge in [-0.05, 0) is 63.8 Å². The fourth-order valence-electron chi connectivity index (χ4n) is 3.21. The molecule has 0 bridgehead atoms. The quantitative estimate of drug-likeness (QED) is 0.284. The summed E-state index contributed by atoms with van der Waals surface area (Å²) in [5, 5.41) is 0. The Bertz CT molecular complexity index is 816. The highest BCUT2D eigenvalue weighted by Crippen LogP contribution is 2.32. The maximum Gasteiger partial charge on any atom is 0.519 e. The van der Waals surface area contributed by atoms with Crippen LogP contribution in [0.1, 0.15) is 76.0 Å². The van der Waals surface area contributed by atoms with Gasteiger partial charge in [-0.2, -0.15) is 0 Å². The van der Waals surface area contributed by atoms with Gasteiger partial charge in [-0.15, -0.1) is 0 Å². The van der Waals surface area contributed by atoms with Gasteiger partial charge >= 0.3 is 6.16 Å². The largest absolute Gasteiger partial charge is 0.519 e. The molecule has 0 amide bonds. The molecule has 2 aromatic rings. The van der Waals surface area contributed by atoms with Crippen molar-refractivity contribution in [3.8, 4) is 11.5 Å². The van der Waals surface area contributed by atoms with E-state index in [4.69, 9.17) is 18.9 Å². The van der Waals surface area contributed by atoms with Crippen LogP contribution in [-0.2, 0) is 9.47 Å². The van der Waals surface area contributed by atoms with Crippen LogP contribution in [0.3, 0.4) is 0 Å². The smallest absolute Gasteiger partial charge is 0.394 e. The number of ether oxygens (including phenoxy) is 4. The molecule has 2 rings (SSSR count). The third-order valence-corrected chi connectivity index (χ3v) is 4.95. The molecule has 2 atom stereocenters. The predicted molar refractivity (Wildman–Crippen MR) is 127 cm³/mol. The molecule has 32 heavy (non-hydrogen) atoms. The Morgan fingerprint density at radius 1 is 0.688 bits per heavy atom. The first kappa shape index (κ1) is 25.9. The van der Waals surface area contributed by atoms with Crippen LogP contribution >= 0.6 is 0 Å². The minimum atomic E-state index is -0.785. The summed E-state index contributed by atoms with van der Waals surface area (Å²) < 4.78 is 23.1. The highest BCUT2D eigenvalue weighted by Gasteiger charge is 2.20. The minimum absolute atomic E-state index is 0.209. The Hall–Kier alpha value is -2.37. The Kier molecular flexibility index (Phi) is 9.73. The van der Waals surface area contributed by atoms with Crippen LogP contribution in [0.15, 0.2) is 36.4 Å². The van der Waals surface area contributed by atoms with Gasteiger partial charge < -0.3 is 18.9 Å². The molecule has 5 heteroatoms. The van der Waals surface area contributed by atoms with Crippen LogP contribution in [-0.4, -0.2) is 19.4 Å². The van der Waals surface area contributed by atoms with Gasteiger partial charge in [0.05, 0.1) is 12.2 Å². The topological polar surface area (TPSA) is 54.0 Å². The van der Waals surface area contributed by atoms with Gasteiger partial charge in [0.1, 0.15) is 11.5 Å². The molecule has 0 heterocycles. The van der Waals surface area contributed by atoms with Gasteiger partial charge in [0.2, 0.25) is 0 Å². The highest BCUT2D eigenvalue weighted by atomic mass is 16.7. The molecular weight excluding hydrogens is 404 g/mol. The number of hydrogen-bond acceptors (Lipinski definition) is 5. The van der Waals surface area contributed by atoms with E-state index in [2.05, 4.69) is 27.7 Å². The molecule has 2 aromatic carbocycles. The summed E-state index contributed by atoms with van der Waals surface area (Å²) in [5.41, 5.74) is 3.77. The normalized spacial score (nSPS) is 13.3. The van der Waals surface area contributed by atoms with Crippen molar-refractivity contribution in [1.29, 1.82) is 0 Å². The first-order valence-electron chi connectivity index (χ1n) is 11.4. The van der Waals surface area contributed by atoms with Crippen molar-refractivity contribution in [3.05, 3.63) is 58.7 Å². The lowest BCUT2D eigenvalue weighted by molar-refractivity contribution is 0.0442. The van der Waals surface area contributed by atoms with Crippen LogP contribution < -0.4 is 9.47 Å². The molecule has 0 aliphatic heterocycles. The van der Waals surface area contributed by atoms with Crippen molar-refractivity contribution in [2.75, 3.05) is 13.2 Å². The summed E-state index contributed by atoms with van der Waals surface area (Å²) in [6.07, 6.45) is -1.20. The molecule has 0 saturated carbocycles. The van der Waals surface area contributed by atoms with Gasteiger partial charge in [-0.1, -0.05) is 51.0 Å².